The monoisotopic (exact) mass is 293 g/mol. The van der Waals surface area contributed by atoms with Crippen LogP contribution < -0.4 is 5.32 Å². The molecular weight excluding hydrogens is 280 g/mol. The van der Waals surface area contributed by atoms with Crippen LogP contribution in [-0.4, -0.2) is 17.8 Å². The fourth-order valence-electron chi connectivity index (χ4n) is 1.23. The van der Waals surface area contributed by atoms with E-state index in [9.17, 15) is 4.79 Å². The first kappa shape index (κ1) is 14.6. The van der Waals surface area contributed by atoms with Gasteiger partial charge >= 0.3 is 0 Å². The van der Waals surface area contributed by atoms with Crippen molar-refractivity contribution < 1.29 is 4.79 Å². The number of carbonyl (C=O) groups excluding carboxylic acids is 1. The molecule has 0 aliphatic carbocycles. The van der Waals surface area contributed by atoms with Crippen LogP contribution in [0.5, 0.6) is 0 Å². The minimum Gasteiger partial charge on any atom is -0.349 e. The molecule has 0 saturated carbocycles. The summed E-state index contributed by atoms with van der Waals surface area (Å²) in [5.74, 6) is 0.450. The highest BCUT2D eigenvalue weighted by molar-refractivity contribution is 6.35. The third kappa shape index (κ3) is 4.06. The Balaban J connectivity index is 2.79. The van der Waals surface area contributed by atoms with E-state index in [0.29, 0.717) is 21.5 Å². The molecule has 2 atom stereocenters. The van der Waals surface area contributed by atoms with Gasteiger partial charge in [-0.3, -0.25) is 4.79 Å². The van der Waals surface area contributed by atoms with E-state index < -0.39 is 0 Å². The summed E-state index contributed by atoms with van der Waals surface area (Å²) >= 11 is 17.5. The molecule has 94 valence electrons. The lowest BCUT2D eigenvalue weighted by Gasteiger charge is -2.19. The molecule has 0 radical (unpaired) electrons. The number of alkyl halides is 1. The zero-order chi connectivity index (χ0) is 13.0. The largest absolute Gasteiger partial charge is 0.349 e. The summed E-state index contributed by atoms with van der Waals surface area (Å²) in [5, 5.41) is 3.72. The highest BCUT2D eigenvalue weighted by Gasteiger charge is 2.17. The third-order valence-corrected chi connectivity index (χ3v) is 3.68. The van der Waals surface area contributed by atoms with Crippen molar-refractivity contribution in [2.45, 2.75) is 19.9 Å². The summed E-state index contributed by atoms with van der Waals surface area (Å²) in [7, 11) is 0. The number of hydrogen-bond donors (Lipinski definition) is 1. The van der Waals surface area contributed by atoms with Crippen LogP contribution in [0.25, 0.3) is 0 Å². The van der Waals surface area contributed by atoms with E-state index in [1.165, 1.54) is 0 Å². The van der Waals surface area contributed by atoms with Gasteiger partial charge in [-0.15, -0.1) is 11.6 Å². The van der Waals surface area contributed by atoms with E-state index in [4.69, 9.17) is 34.8 Å². The SMILES string of the molecule is CC(CCl)C(C)NC(=O)c1cc(Cl)ccc1Cl. The van der Waals surface area contributed by atoms with Crippen LogP contribution in [0.3, 0.4) is 0 Å². The van der Waals surface area contributed by atoms with Crippen molar-refractivity contribution in [1.82, 2.24) is 5.32 Å². The summed E-state index contributed by atoms with van der Waals surface area (Å²) < 4.78 is 0. The van der Waals surface area contributed by atoms with E-state index in [0.717, 1.165) is 0 Å². The van der Waals surface area contributed by atoms with Crippen LogP contribution in [0, 0.1) is 5.92 Å². The van der Waals surface area contributed by atoms with E-state index >= 15 is 0 Å². The molecule has 0 fully saturated rings. The molecule has 1 rings (SSSR count). The predicted octanol–water partition coefficient (Wildman–Crippen LogP) is 3.99. The van der Waals surface area contributed by atoms with Crippen LogP contribution in [-0.2, 0) is 0 Å². The lowest BCUT2D eigenvalue weighted by Crippen LogP contribution is -2.37. The second kappa shape index (κ2) is 6.48. The van der Waals surface area contributed by atoms with Crippen molar-refractivity contribution in [3.63, 3.8) is 0 Å². The first-order chi connectivity index (χ1) is 7.95. The lowest BCUT2D eigenvalue weighted by molar-refractivity contribution is 0.0931. The Kier molecular flexibility index (Phi) is 5.57. The molecule has 0 aromatic heterocycles. The molecule has 0 heterocycles. The second-order valence-electron chi connectivity index (χ2n) is 4.02. The Morgan fingerprint density at radius 2 is 2.00 bits per heavy atom. The first-order valence-electron chi connectivity index (χ1n) is 5.27. The normalized spacial score (nSPS) is 14.2. The highest BCUT2D eigenvalue weighted by Crippen LogP contribution is 2.20. The number of rotatable bonds is 4. The molecule has 1 aromatic carbocycles. The Morgan fingerprint density at radius 3 is 2.59 bits per heavy atom. The maximum atomic E-state index is 12.0. The zero-order valence-corrected chi connectivity index (χ0v) is 11.9. The van der Waals surface area contributed by atoms with Gasteiger partial charge in [0.15, 0.2) is 0 Å². The fourth-order valence-corrected chi connectivity index (χ4v) is 1.87. The number of hydrogen-bond acceptors (Lipinski definition) is 1. The Hall–Kier alpha value is -0.440. The molecule has 17 heavy (non-hydrogen) atoms. The van der Waals surface area contributed by atoms with Gasteiger partial charge in [-0.25, -0.2) is 0 Å². The van der Waals surface area contributed by atoms with Gasteiger partial charge in [0.1, 0.15) is 0 Å². The smallest absolute Gasteiger partial charge is 0.253 e. The van der Waals surface area contributed by atoms with Crippen molar-refractivity contribution in [2.24, 2.45) is 5.92 Å². The molecular formula is C12H14Cl3NO. The van der Waals surface area contributed by atoms with Gasteiger partial charge < -0.3 is 5.32 Å². The molecule has 0 bridgehead atoms. The molecule has 1 aromatic rings. The van der Waals surface area contributed by atoms with E-state index in [1.54, 1.807) is 18.2 Å². The molecule has 0 spiro atoms. The van der Waals surface area contributed by atoms with Crippen molar-refractivity contribution in [3.8, 4) is 0 Å². The number of amides is 1. The van der Waals surface area contributed by atoms with Crippen LogP contribution >= 0.6 is 34.8 Å². The van der Waals surface area contributed by atoms with Crippen molar-refractivity contribution in [1.29, 1.82) is 0 Å². The number of halogens is 3. The van der Waals surface area contributed by atoms with Crippen LogP contribution in [0.4, 0.5) is 0 Å². The maximum Gasteiger partial charge on any atom is 0.253 e. The summed E-state index contributed by atoms with van der Waals surface area (Å²) in [4.78, 5) is 12.0. The molecule has 1 amide bonds. The van der Waals surface area contributed by atoms with Gasteiger partial charge in [0.05, 0.1) is 10.6 Å². The van der Waals surface area contributed by atoms with Gasteiger partial charge in [0.25, 0.3) is 5.91 Å². The molecule has 2 unspecified atom stereocenters. The minimum absolute atomic E-state index is 0.0185. The summed E-state index contributed by atoms with van der Waals surface area (Å²) in [6, 6.07) is 4.78. The second-order valence-corrected chi connectivity index (χ2v) is 5.17. The molecule has 0 saturated heterocycles. The molecule has 2 nitrogen and oxygen atoms in total. The van der Waals surface area contributed by atoms with Crippen LogP contribution in [0.1, 0.15) is 24.2 Å². The Morgan fingerprint density at radius 1 is 1.35 bits per heavy atom. The van der Waals surface area contributed by atoms with Gasteiger partial charge in [-0.2, -0.15) is 0 Å². The molecule has 0 aliphatic heterocycles. The van der Waals surface area contributed by atoms with E-state index in [-0.39, 0.29) is 17.9 Å². The van der Waals surface area contributed by atoms with Gasteiger partial charge in [-0.05, 0) is 31.0 Å². The highest BCUT2D eigenvalue weighted by atomic mass is 35.5. The quantitative estimate of drug-likeness (QED) is 0.836. The first-order valence-corrected chi connectivity index (χ1v) is 6.56. The third-order valence-electron chi connectivity index (χ3n) is 2.63. The van der Waals surface area contributed by atoms with Gasteiger partial charge in [0.2, 0.25) is 0 Å². The molecule has 1 N–H and O–H groups in total. The average molecular weight is 295 g/mol. The number of carbonyl (C=O) groups is 1. The Labute approximate surface area is 116 Å². The zero-order valence-electron chi connectivity index (χ0n) is 9.64. The van der Waals surface area contributed by atoms with Gasteiger partial charge in [-0.1, -0.05) is 30.1 Å². The number of benzene rings is 1. The van der Waals surface area contributed by atoms with Crippen LogP contribution in [0.2, 0.25) is 10.0 Å². The van der Waals surface area contributed by atoms with Crippen LogP contribution in [0.15, 0.2) is 18.2 Å². The van der Waals surface area contributed by atoms with Crippen molar-refractivity contribution >= 4 is 40.7 Å². The van der Waals surface area contributed by atoms with Crippen molar-refractivity contribution in [3.05, 3.63) is 33.8 Å². The average Bonchev–Trinajstić information content (AvgIpc) is 2.30. The number of nitrogens with one attached hydrogen (secondary N) is 1. The minimum atomic E-state index is -0.234. The molecule has 5 heteroatoms. The van der Waals surface area contributed by atoms with Crippen molar-refractivity contribution in [2.75, 3.05) is 5.88 Å². The lowest BCUT2D eigenvalue weighted by atomic mass is 10.1. The Bertz CT molecular complexity index is 409. The maximum absolute atomic E-state index is 12.0. The van der Waals surface area contributed by atoms with E-state index in [2.05, 4.69) is 5.32 Å². The van der Waals surface area contributed by atoms with E-state index in [1.807, 2.05) is 13.8 Å². The fraction of sp³-hybridized carbons (Fsp3) is 0.417. The summed E-state index contributed by atoms with van der Waals surface area (Å²) in [6.07, 6.45) is 0. The summed E-state index contributed by atoms with van der Waals surface area (Å²) in [6.45, 7) is 3.88. The van der Waals surface area contributed by atoms with Gasteiger partial charge in [0, 0.05) is 16.9 Å². The predicted molar refractivity (Wildman–Crippen MR) is 73.3 cm³/mol. The summed E-state index contributed by atoms with van der Waals surface area (Å²) in [5.41, 5.74) is 0.382. The standard InChI is InChI=1S/C12H14Cl3NO/c1-7(6-13)8(2)16-12(17)10-5-9(14)3-4-11(10)15/h3-5,7-8H,6H2,1-2H3,(H,16,17). The topological polar surface area (TPSA) is 29.1 Å². The molecule has 0 aliphatic rings.